The number of hydrogen-bond donors (Lipinski definition) is 0. The van der Waals surface area contributed by atoms with Crippen molar-refractivity contribution in [3.8, 4) is 100 Å². The van der Waals surface area contributed by atoms with Gasteiger partial charge in [-0.05, 0) is 195 Å². The van der Waals surface area contributed by atoms with Crippen molar-refractivity contribution < 1.29 is 0 Å². The average molecular weight is 1680 g/mol. The van der Waals surface area contributed by atoms with E-state index in [9.17, 15) is 0 Å². The second kappa shape index (κ2) is 36.9. The Bertz CT molecular complexity index is 7080. The van der Waals surface area contributed by atoms with Gasteiger partial charge in [0, 0.05) is 56.6 Å². The van der Waals surface area contributed by atoms with Gasteiger partial charge in [-0.15, -0.1) is 0 Å². The van der Waals surface area contributed by atoms with Crippen LogP contribution < -0.4 is 63.9 Å². The van der Waals surface area contributed by atoms with Gasteiger partial charge in [0.2, 0.25) is 20.1 Å². The third-order valence-electron chi connectivity index (χ3n) is 26.3. The van der Waals surface area contributed by atoms with Gasteiger partial charge < -0.3 is 14.7 Å². The largest absolute Gasteiger partial charge is 0.312 e. The molecule has 3 nitrogen and oxygen atoms in total. The molecular formula is C126H90B3N3. The molecule has 0 radical (unpaired) electrons. The van der Waals surface area contributed by atoms with Crippen LogP contribution in [-0.2, 0) is 0 Å². The molecule has 0 saturated carbocycles. The van der Waals surface area contributed by atoms with E-state index in [4.69, 9.17) is 0 Å². The van der Waals surface area contributed by atoms with Crippen molar-refractivity contribution >= 4 is 120 Å². The van der Waals surface area contributed by atoms with E-state index < -0.39 is 0 Å². The molecule has 0 amide bonds. The third kappa shape index (κ3) is 15.5. The van der Waals surface area contributed by atoms with E-state index in [0.717, 1.165) is 5.69 Å². The quantitative estimate of drug-likeness (QED) is 0.0947. The summed E-state index contributed by atoms with van der Waals surface area (Å²) < 4.78 is 0. The molecule has 3 heterocycles. The fraction of sp³-hybridized carbons (Fsp3) is 0. The predicted molar refractivity (Wildman–Crippen MR) is 566 cm³/mol. The van der Waals surface area contributed by atoms with Crippen LogP contribution in [0.5, 0.6) is 0 Å². The first-order valence-electron chi connectivity index (χ1n) is 45.7. The van der Waals surface area contributed by atoms with Crippen molar-refractivity contribution in [2.75, 3.05) is 14.7 Å². The molecule has 24 rings (SSSR count). The Labute approximate surface area is 775 Å². The van der Waals surface area contributed by atoms with Crippen LogP contribution in [0.25, 0.3) is 100 Å². The van der Waals surface area contributed by atoms with Crippen LogP contribution in [0.15, 0.2) is 546 Å². The summed E-state index contributed by atoms with van der Waals surface area (Å²) in [5.74, 6) is 0. The first kappa shape index (κ1) is 81.0. The SMILES string of the molecule is c1ccc(-c2cc(-c3ccccc3)c(B3c4ccccc4N(c4ccccc4)c4ccccc43)c(-c3ccccc3)c2)cc1.c1ccc(-c2cccc(-c3ccccc3)c2B2c3ccccc3N(c3c(-c4ccccc4)cccc3-c3ccccc3)c3ccccc32)cc1.c1ccc(-c2cccc(-c3ccccc3)c2B2c3ccccc3N(c3ccccc3)c3ccccc32)cc1. The van der Waals surface area contributed by atoms with Crippen LogP contribution in [0.1, 0.15) is 0 Å². The molecule has 0 atom stereocenters. The number of fused-ring (bicyclic) bond motifs is 6. The van der Waals surface area contributed by atoms with Gasteiger partial charge in [-0.2, -0.15) is 0 Å². The molecule has 0 fully saturated rings. The minimum absolute atomic E-state index is 0.00525. The Morgan fingerprint density at radius 2 is 0.295 bits per heavy atom. The minimum Gasteiger partial charge on any atom is -0.312 e. The summed E-state index contributed by atoms with van der Waals surface area (Å²) in [5, 5.41) is 0. The molecule has 3 aliphatic rings. The summed E-state index contributed by atoms with van der Waals surface area (Å²) in [4.78, 5) is 7.36. The molecule has 21 aromatic carbocycles. The maximum atomic E-state index is 2.53. The Morgan fingerprint density at radius 1 is 0.121 bits per heavy atom. The van der Waals surface area contributed by atoms with E-state index >= 15 is 0 Å². The molecule has 0 spiro atoms. The average Bonchev–Trinajstić information content (AvgIpc) is 0.719. The summed E-state index contributed by atoms with van der Waals surface area (Å²) in [6, 6.07) is 198. The molecule has 0 aliphatic carbocycles. The van der Waals surface area contributed by atoms with Crippen LogP contribution in [-0.4, -0.2) is 20.1 Å². The first-order chi connectivity index (χ1) is 65.6. The second-order valence-electron chi connectivity index (χ2n) is 33.8. The number of benzene rings is 21. The zero-order valence-corrected chi connectivity index (χ0v) is 73.0. The molecule has 3 aliphatic heterocycles. The van der Waals surface area contributed by atoms with Gasteiger partial charge in [0.15, 0.2) is 0 Å². The lowest BCUT2D eigenvalue weighted by molar-refractivity contribution is 1.29. The van der Waals surface area contributed by atoms with Crippen LogP contribution in [0.3, 0.4) is 0 Å². The minimum atomic E-state index is -0.00525. The topological polar surface area (TPSA) is 9.72 Å². The smallest absolute Gasteiger partial charge is 0.248 e. The summed E-state index contributed by atoms with van der Waals surface area (Å²) in [7, 11) is 0. The van der Waals surface area contributed by atoms with Crippen LogP contribution in [0, 0.1) is 0 Å². The van der Waals surface area contributed by atoms with Gasteiger partial charge in [0.1, 0.15) is 0 Å². The Kier molecular flexibility index (Phi) is 22.6. The van der Waals surface area contributed by atoms with Crippen LogP contribution in [0.2, 0.25) is 0 Å². The van der Waals surface area contributed by atoms with E-state index in [0.29, 0.717) is 0 Å². The number of para-hydroxylation sites is 9. The molecule has 618 valence electrons. The van der Waals surface area contributed by atoms with E-state index in [1.807, 2.05) is 0 Å². The summed E-state index contributed by atoms with van der Waals surface area (Å²) >= 11 is 0. The summed E-state index contributed by atoms with van der Waals surface area (Å²) in [5.41, 5.74) is 44.7. The number of nitrogens with zero attached hydrogens (tertiary/aromatic N) is 3. The lowest BCUT2D eigenvalue weighted by atomic mass is 9.33. The monoisotopic (exact) mass is 1680 g/mol. The number of rotatable bonds is 15. The molecule has 0 N–H and O–H groups in total. The van der Waals surface area contributed by atoms with Crippen molar-refractivity contribution in [1.29, 1.82) is 0 Å². The van der Waals surface area contributed by atoms with E-state index in [1.165, 1.54) is 195 Å². The van der Waals surface area contributed by atoms with Gasteiger partial charge in [-0.25, -0.2) is 0 Å². The highest BCUT2D eigenvalue weighted by Gasteiger charge is 2.43. The van der Waals surface area contributed by atoms with Crippen molar-refractivity contribution in [3.05, 3.63) is 546 Å². The Balaban J connectivity index is 0.000000117. The van der Waals surface area contributed by atoms with Crippen molar-refractivity contribution in [2.45, 2.75) is 0 Å². The van der Waals surface area contributed by atoms with Gasteiger partial charge in [0.05, 0.1) is 5.69 Å². The third-order valence-corrected chi connectivity index (χ3v) is 26.3. The fourth-order valence-corrected chi connectivity index (χ4v) is 20.6. The molecule has 0 bridgehead atoms. The predicted octanol–water partition coefficient (Wildman–Crippen LogP) is 27.0. The zero-order chi connectivity index (χ0) is 87.9. The molecular weight excluding hydrogens is 1590 g/mol. The maximum absolute atomic E-state index is 2.53. The second-order valence-corrected chi connectivity index (χ2v) is 33.8. The van der Waals surface area contributed by atoms with Gasteiger partial charge in [-0.1, -0.05) is 490 Å². The van der Waals surface area contributed by atoms with E-state index in [2.05, 4.69) is 561 Å². The van der Waals surface area contributed by atoms with E-state index in [1.54, 1.807) is 0 Å². The van der Waals surface area contributed by atoms with Gasteiger partial charge in [-0.3, -0.25) is 0 Å². The summed E-state index contributed by atoms with van der Waals surface area (Å²) in [6.07, 6.45) is 0. The Morgan fingerprint density at radius 3 is 0.538 bits per heavy atom. The highest BCUT2D eigenvalue weighted by Crippen LogP contribution is 2.49. The van der Waals surface area contributed by atoms with Crippen molar-refractivity contribution in [2.24, 2.45) is 0 Å². The molecule has 0 unspecified atom stereocenters. The standard InChI is InChI=1S/C48H34BN.C42H30BN.C36H26BN/c1-5-19-35(20-6-1)39-27-17-28-40(36-21-7-2-8-22-36)47(39)49-43-31-13-15-33-45(43)50(46-34-16-14-32-44(46)49)48-41(37-23-9-3-10-24-37)29-18-30-42(48)38-25-11-4-12-26-38;1-5-17-31(18-6-1)34-29-36(32-19-7-2-8-20-32)42(37(30-34)33-21-9-3-10-22-33)43-38-25-13-15-27-40(38)44(35-23-11-4-12-24-35)41-28-16-14-26-39(41)43;1-4-15-27(16-5-1)30-21-14-22-31(28-17-6-2-7-18-28)36(30)37-32-23-10-12-25-34(32)38(29-19-8-3-9-20-29)35-26-13-11-24-33(35)37/h1-34H;1-30H;1-26H. The number of anilines is 9. The van der Waals surface area contributed by atoms with Crippen molar-refractivity contribution in [1.82, 2.24) is 0 Å². The molecule has 0 aromatic heterocycles. The Hall–Kier alpha value is -16.8. The molecule has 132 heavy (non-hydrogen) atoms. The number of hydrogen-bond acceptors (Lipinski definition) is 3. The highest BCUT2D eigenvalue weighted by atomic mass is 15.2. The van der Waals surface area contributed by atoms with E-state index in [-0.39, 0.29) is 20.1 Å². The van der Waals surface area contributed by atoms with Crippen LogP contribution in [0.4, 0.5) is 51.2 Å². The summed E-state index contributed by atoms with van der Waals surface area (Å²) in [6.45, 7) is 0.0981. The first-order valence-corrected chi connectivity index (χ1v) is 45.7. The highest BCUT2D eigenvalue weighted by molar-refractivity contribution is 7.01. The van der Waals surface area contributed by atoms with Gasteiger partial charge in [0.25, 0.3) is 0 Å². The zero-order valence-electron chi connectivity index (χ0n) is 73.0. The van der Waals surface area contributed by atoms with Crippen molar-refractivity contribution in [3.63, 3.8) is 0 Å². The lowest BCUT2D eigenvalue weighted by Gasteiger charge is -2.39. The fourth-order valence-electron chi connectivity index (χ4n) is 20.6. The maximum Gasteiger partial charge on any atom is 0.248 e. The molecule has 0 saturated heterocycles. The normalized spacial score (nSPS) is 12.0. The molecule has 21 aromatic rings. The lowest BCUT2D eigenvalue weighted by Crippen LogP contribution is -2.58. The van der Waals surface area contributed by atoms with Crippen LogP contribution >= 0.6 is 0 Å². The van der Waals surface area contributed by atoms with Gasteiger partial charge >= 0.3 is 0 Å². The molecule has 6 heteroatoms.